The maximum Gasteiger partial charge on any atom is 0.149 e. The highest BCUT2D eigenvalue weighted by Gasteiger charge is 2.12. The van der Waals surface area contributed by atoms with Crippen LogP contribution in [0, 0.1) is 23.0 Å². The van der Waals surface area contributed by atoms with Crippen molar-refractivity contribution in [3.05, 3.63) is 63.6 Å². The first-order valence-corrected chi connectivity index (χ1v) is 6.71. The summed E-state index contributed by atoms with van der Waals surface area (Å²) in [5.41, 5.74) is 1.59. The van der Waals surface area contributed by atoms with Crippen molar-refractivity contribution in [3.8, 4) is 6.07 Å². The third-order valence-electron chi connectivity index (χ3n) is 2.90. The average Bonchev–Trinajstić information content (AvgIpc) is 2.44. The molecule has 0 saturated carbocycles. The number of rotatable bonds is 3. The molecule has 5 heteroatoms. The molecule has 0 amide bonds. The molecule has 2 rings (SSSR count). The summed E-state index contributed by atoms with van der Waals surface area (Å²) in [5, 5.41) is 11.8. The van der Waals surface area contributed by atoms with Crippen LogP contribution >= 0.6 is 15.9 Å². The van der Waals surface area contributed by atoms with E-state index in [1.807, 2.05) is 13.0 Å². The zero-order valence-corrected chi connectivity index (χ0v) is 12.2. The fraction of sp³-hybridized carbons (Fsp3) is 0.133. The number of halogens is 3. The fourth-order valence-electron chi connectivity index (χ4n) is 1.83. The lowest BCUT2D eigenvalue weighted by molar-refractivity contribution is 0.579. The van der Waals surface area contributed by atoms with Crippen LogP contribution in [0.25, 0.3) is 0 Å². The first-order chi connectivity index (χ1) is 9.51. The summed E-state index contributed by atoms with van der Waals surface area (Å²) in [7, 11) is 0. The third-order valence-corrected chi connectivity index (χ3v) is 3.51. The molecule has 0 fully saturated rings. The Kier molecular flexibility index (Phi) is 4.35. The van der Waals surface area contributed by atoms with Gasteiger partial charge in [-0.25, -0.2) is 8.78 Å². The van der Waals surface area contributed by atoms with Gasteiger partial charge in [0.1, 0.15) is 11.6 Å². The average molecular weight is 337 g/mol. The maximum atomic E-state index is 13.7. The van der Waals surface area contributed by atoms with Crippen LogP contribution in [0.2, 0.25) is 0 Å². The molecule has 0 heterocycles. The van der Waals surface area contributed by atoms with Crippen LogP contribution in [0.5, 0.6) is 0 Å². The van der Waals surface area contributed by atoms with Gasteiger partial charge in [0.25, 0.3) is 0 Å². The van der Waals surface area contributed by atoms with Gasteiger partial charge >= 0.3 is 0 Å². The summed E-state index contributed by atoms with van der Waals surface area (Å²) in [6.07, 6.45) is 0. The number of anilines is 1. The zero-order chi connectivity index (χ0) is 14.7. The molecule has 0 spiro atoms. The van der Waals surface area contributed by atoms with Crippen molar-refractivity contribution in [2.75, 3.05) is 5.32 Å². The van der Waals surface area contributed by atoms with Crippen molar-refractivity contribution in [1.82, 2.24) is 0 Å². The van der Waals surface area contributed by atoms with Gasteiger partial charge in [0.05, 0.1) is 21.8 Å². The smallest absolute Gasteiger partial charge is 0.149 e. The predicted octanol–water partition coefficient (Wildman–Crippen LogP) is 4.77. The molecule has 0 aliphatic rings. The minimum Gasteiger partial charge on any atom is -0.376 e. The standard InChI is InChI=1S/C15H11BrF2N2/c1-9(11-4-2-3-10(5-11)8-19)20-15-6-12(16)13(17)7-14(15)18/h2-7,9,20H,1H3. The van der Waals surface area contributed by atoms with Gasteiger partial charge in [-0.15, -0.1) is 0 Å². The molecule has 2 nitrogen and oxygen atoms in total. The number of benzene rings is 2. The highest BCUT2D eigenvalue weighted by molar-refractivity contribution is 9.10. The number of nitrogens with one attached hydrogen (secondary N) is 1. The fourth-order valence-corrected chi connectivity index (χ4v) is 2.17. The lowest BCUT2D eigenvalue weighted by Gasteiger charge is -2.17. The van der Waals surface area contributed by atoms with Crippen LogP contribution in [0.15, 0.2) is 40.9 Å². The molecule has 1 N–H and O–H groups in total. The quantitative estimate of drug-likeness (QED) is 0.819. The van der Waals surface area contributed by atoms with E-state index in [0.717, 1.165) is 11.6 Å². The van der Waals surface area contributed by atoms with E-state index in [2.05, 4.69) is 27.3 Å². The highest BCUT2D eigenvalue weighted by atomic mass is 79.9. The lowest BCUT2D eigenvalue weighted by atomic mass is 10.1. The second kappa shape index (κ2) is 6.02. The molecular weight excluding hydrogens is 326 g/mol. The Morgan fingerprint density at radius 2 is 1.95 bits per heavy atom. The minimum atomic E-state index is -0.658. The summed E-state index contributed by atoms with van der Waals surface area (Å²) in [6.45, 7) is 1.84. The van der Waals surface area contributed by atoms with Gasteiger partial charge in [0.15, 0.2) is 0 Å². The summed E-state index contributed by atoms with van der Waals surface area (Å²) in [5.74, 6) is -1.30. The Hall–Kier alpha value is -1.93. The van der Waals surface area contributed by atoms with Crippen LogP contribution < -0.4 is 5.32 Å². The van der Waals surface area contributed by atoms with Crippen LogP contribution in [0.3, 0.4) is 0 Å². The molecule has 0 saturated heterocycles. The number of nitriles is 1. The lowest BCUT2D eigenvalue weighted by Crippen LogP contribution is -2.08. The van der Waals surface area contributed by atoms with Crippen LogP contribution in [0.4, 0.5) is 14.5 Å². The van der Waals surface area contributed by atoms with Crippen molar-refractivity contribution in [3.63, 3.8) is 0 Å². The van der Waals surface area contributed by atoms with Crippen molar-refractivity contribution >= 4 is 21.6 Å². The second-order valence-corrected chi connectivity index (χ2v) is 5.20. The van der Waals surface area contributed by atoms with E-state index in [-0.39, 0.29) is 16.2 Å². The van der Waals surface area contributed by atoms with Crippen LogP contribution in [-0.4, -0.2) is 0 Å². The Bertz CT molecular complexity index is 680. The SMILES string of the molecule is CC(Nc1cc(Br)c(F)cc1F)c1cccc(C#N)c1. The van der Waals surface area contributed by atoms with Crippen molar-refractivity contribution in [1.29, 1.82) is 5.26 Å². The molecule has 0 bridgehead atoms. The Morgan fingerprint density at radius 3 is 2.65 bits per heavy atom. The molecule has 102 valence electrons. The van der Waals surface area contributed by atoms with Gasteiger partial charge in [0, 0.05) is 12.1 Å². The number of hydrogen-bond acceptors (Lipinski definition) is 2. The third kappa shape index (κ3) is 3.14. The Labute approximate surface area is 124 Å². The summed E-state index contributed by atoms with van der Waals surface area (Å²) in [4.78, 5) is 0. The van der Waals surface area contributed by atoms with E-state index in [9.17, 15) is 8.78 Å². The molecule has 2 aromatic carbocycles. The highest BCUT2D eigenvalue weighted by Crippen LogP contribution is 2.27. The van der Waals surface area contributed by atoms with E-state index in [1.54, 1.807) is 18.2 Å². The van der Waals surface area contributed by atoms with Gasteiger partial charge < -0.3 is 5.32 Å². The summed E-state index contributed by atoms with van der Waals surface area (Å²) in [6, 6.07) is 11.1. The number of hydrogen-bond donors (Lipinski definition) is 1. The molecule has 0 radical (unpaired) electrons. The van der Waals surface area contributed by atoms with E-state index in [1.165, 1.54) is 6.07 Å². The summed E-state index contributed by atoms with van der Waals surface area (Å²) < 4.78 is 27.0. The zero-order valence-electron chi connectivity index (χ0n) is 10.6. The maximum absolute atomic E-state index is 13.7. The Balaban J connectivity index is 2.25. The molecular formula is C15H11BrF2N2. The van der Waals surface area contributed by atoms with Gasteiger partial charge in [-0.3, -0.25) is 0 Å². The van der Waals surface area contributed by atoms with Gasteiger partial charge in [-0.2, -0.15) is 5.26 Å². The first kappa shape index (κ1) is 14.5. The van der Waals surface area contributed by atoms with Crippen LogP contribution in [0.1, 0.15) is 24.1 Å². The van der Waals surface area contributed by atoms with Gasteiger partial charge in [-0.1, -0.05) is 12.1 Å². The van der Waals surface area contributed by atoms with E-state index in [0.29, 0.717) is 5.56 Å². The summed E-state index contributed by atoms with van der Waals surface area (Å²) >= 11 is 3.02. The monoisotopic (exact) mass is 336 g/mol. The molecule has 0 aliphatic carbocycles. The van der Waals surface area contributed by atoms with Gasteiger partial charge in [0.2, 0.25) is 0 Å². The first-order valence-electron chi connectivity index (χ1n) is 5.92. The molecule has 1 unspecified atom stereocenters. The molecule has 0 aliphatic heterocycles. The largest absolute Gasteiger partial charge is 0.376 e. The van der Waals surface area contributed by atoms with E-state index >= 15 is 0 Å². The predicted molar refractivity (Wildman–Crippen MR) is 77.3 cm³/mol. The molecule has 0 aromatic heterocycles. The number of nitrogens with zero attached hydrogens (tertiary/aromatic N) is 1. The Morgan fingerprint density at radius 1 is 1.20 bits per heavy atom. The van der Waals surface area contributed by atoms with Crippen molar-refractivity contribution in [2.45, 2.75) is 13.0 Å². The normalized spacial score (nSPS) is 11.8. The van der Waals surface area contributed by atoms with Crippen molar-refractivity contribution in [2.24, 2.45) is 0 Å². The molecule has 20 heavy (non-hydrogen) atoms. The topological polar surface area (TPSA) is 35.8 Å². The van der Waals surface area contributed by atoms with E-state index in [4.69, 9.17) is 5.26 Å². The molecule has 1 atom stereocenters. The minimum absolute atomic E-state index is 0.194. The molecule has 2 aromatic rings. The van der Waals surface area contributed by atoms with Crippen molar-refractivity contribution < 1.29 is 8.78 Å². The van der Waals surface area contributed by atoms with Crippen LogP contribution in [-0.2, 0) is 0 Å². The van der Waals surface area contributed by atoms with E-state index < -0.39 is 11.6 Å². The van der Waals surface area contributed by atoms with Gasteiger partial charge in [-0.05, 0) is 46.6 Å². The second-order valence-electron chi connectivity index (χ2n) is 4.35.